The van der Waals surface area contributed by atoms with E-state index in [4.69, 9.17) is 23.2 Å². The third kappa shape index (κ3) is 2.22. The van der Waals surface area contributed by atoms with E-state index < -0.39 is 0 Å². The van der Waals surface area contributed by atoms with Crippen molar-refractivity contribution >= 4 is 50.2 Å². The molecule has 0 saturated carbocycles. The molecular weight excluding hydrogens is 366 g/mol. The molecule has 0 radical (unpaired) electrons. The zero-order valence-electron chi connectivity index (χ0n) is 10.1. The number of halogens is 4. The molecule has 20 heavy (non-hydrogen) atoms. The van der Waals surface area contributed by atoms with Gasteiger partial charge in [-0.2, -0.15) is 0 Å². The summed E-state index contributed by atoms with van der Waals surface area (Å²) in [4.78, 5) is 4.42. The highest BCUT2D eigenvalue weighted by atomic mass is 79.9. The van der Waals surface area contributed by atoms with Crippen LogP contribution in [0.1, 0.15) is 5.82 Å². The summed E-state index contributed by atoms with van der Waals surface area (Å²) < 4.78 is 16.0. The first kappa shape index (κ1) is 13.9. The minimum absolute atomic E-state index is 0.218. The lowest BCUT2D eigenvalue weighted by molar-refractivity contribution is 0.629. The number of alkyl halides is 1. The normalized spacial score (nSPS) is 11.2. The van der Waals surface area contributed by atoms with Crippen LogP contribution in [0.3, 0.4) is 0 Å². The maximum atomic E-state index is 13.5. The van der Waals surface area contributed by atoms with E-state index in [1.807, 2.05) is 12.1 Å². The average Bonchev–Trinajstić information content (AvgIpc) is 2.79. The van der Waals surface area contributed by atoms with E-state index >= 15 is 0 Å². The summed E-state index contributed by atoms with van der Waals surface area (Å²) >= 11 is 15.5. The fraction of sp³-hybridized carbons (Fsp3) is 0.0714. The topological polar surface area (TPSA) is 17.8 Å². The Kier molecular flexibility index (Phi) is 3.71. The molecule has 1 aromatic heterocycles. The summed E-state index contributed by atoms with van der Waals surface area (Å²) in [6.45, 7) is 0. The van der Waals surface area contributed by atoms with Gasteiger partial charge in [-0.25, -0.2) is 9.37 Å². The summed E-state index contributed by atoms with van der Waals surface area (Å²) in [5.74, 6) is 0.531. The van der Waals surface area contributed by atoms with E-state index in [0.29, 0.717) is 21.9 Å². The highest BCUT2D eigenvalue weighted by Crippen LogP contribution is 2.32. The third-order valence-electron chi connectivity index (χ3n) is 2.98. The molecule has 0 N–H and O–H groups in total. The lowest BCUT2D eigenvalue weighted by atomic mass is 10.2. The maximum Gasteiger partial charge on any atom is 0.129 e. The molecule has 102 valence electrons. The van der Waals surface area contributed by atoms with Crippen LogP contribution in [0.4, 0.5) is 4.39 Å². The van der Waals surface area contributed by atoms with Crippen molar-refractivity contribution in [3.8, 4) is 5.69 Å². The number of benzene rings is 2. The van der Waals surface area contributed by atoms with E-state index in [-0.39, 0.29) is 11.7 Å². The molecule has 1 heterocycles. The van der Waals surface area contributed by atoms with Crippen molar-refractivity contribution in [1.82, 2.24) is 9.55 Å². The Morgan fingerprint density at radius 3 is 2.80 bits per heavy atom. The van der Waals surface area contributed by atoms with E-state index in [2.05, 4.69) is 20.9 Å². The molecule has 3 aromatic rings. The van der Waals surface area contributed by atoms with Gasteiger partial charge in [0.05, 0.1) is 32.1 Å². The number of hydrogen-bond donors (Lipinski definition) is 0. The van der Waals surface area contributed by atoms with Crippen LogP contribution in [-0.2, 0) is 5.88 Å². The van der Waals surface area contributed by atoms with Crippen LogP contribution < -0.4 is 0 Å². The average molecular weight is 374 g/mol. The number of fused-ring (bicyclic) bond motifs is 1. The predicted octanol–water partition coefficient (Wildman–Crippen LogP) is 5.32. The molecule has 2 aromatic carbocycles. The highest BCUT2D eigenvalue weighted by Gasteiger charge is 2.15. The number of rotatable bonds is 2. The molecule has 0 fully saturated rings. The van der Waals surface area contributed by atoms with Gasteiger partial charge in [0.25, 0.3) is 0 Å². The van der Waals surface area contributed by atoms with Crippen molar-refractivity contribution in [2.75, 3.05) is 0 Å². The first-order chi connectivity index (χ1) is 9.61. The Balaban J connectivity index is 2.39. The van der Waals surface area contributed by atoms with Crippen LogP contribution in [0.15, 0.2) is 40.9 Å². The van der Waals surface area contributed by atoms with Crippen LogP contribution >= 0.6 is 39.1 Å². The van der Waals surface area contributed by atoms with Crippen molar-refractivity contribution in [2.24, 2.45) is 0 Å². The zero-order valence-corrected chi connectivity index (χ0v) is 13.2. The lowest BCUT2D eigenvalue weighted by Gasteiger charge is -2.11. The molecule has 0 spiro atoms. The molecule has 0 unspecified atom stereocenters. The molecule has 2 nitrogen and oxygen atoms in total. The fourth-order valence-corrected chi connectivity index (χ4v) is 2.91. The molecule has 0 amide bonds. The fourth-order valence-electron chi connectivity index (χ4n) is 2.12. The first-order valence-electron chi connectivity index (χ1n) is 5.79. The summed E-state index contributed by atoms with van der Waals surface area (Å²) in [6, 6.07) is 9.92. The maximum absolute atomic E-state index is 13.5. The monoisotopic (exact) mass is 372 g/mol. The van der Waals surface area contributed by atoms with Gasteiger partial charge in [0.2, 0.25) is 0 Å². The summed E-state index contributed by atoms with van der Waals surface area (Å²) in [5, 5.41) is 0.571. The summed E-state index contributed by atoms with van der Waals surface area (Å²) in [5.41, 5.74) is 2.12. The Labute approximate surface area is 133 Å². The van der Waals surface area contributed by atoms with Gasteiger partial charge >= 0.3 is 0 Å². The smallest absolute Gasteiger partial charge is 0.129 e. The van der Waals surface area contributed by atoms with Crippen molar-refractivity contribution < 1.29 is 4.39 Å². The van der Waals surface area contributed by atoms with Crippen molar-refractivity contribution in [2.45, 2.75) is 5.88 Å². The quantitative estimate of drug-likeness (QED) is 0.556. The first-order valence-corrected chi connectivity index (χ1v) is 7.49. The second-order valence-corrected chi connectivity index (χ2v) is 5.67. The Bertz CT molecular complexity index is 801. The third-order valence-corrected chi connectivity index (χ3v) is 4.59. The van der Waals surface area contributed by atoms with Crippen LogP contribution in [0.2, 0.25) is 5.02 Å². The van der Waals surface area contributed by atoms with Crippen molar-refractivity contribution in [3.05, 3.63) is 57.5 Å². The molecule has 3 rings (SSSR count). The van der Waals surface area contributed by atoms with Crippen molar-refractivity contribution in [3.63, 3.8) is 0 Å². The molecule has 0 aliphatic carbocycles. The Hall–Kier alpha value is -1.10. The van der Waals surface area contributed by atoms with Gasteiger partial charge in [0.1, 0.15) is 11.6 Å². The van der Waals surface area contributed by atoms with Crippen LogP contribution in [0.5, 0.6) is 0 Å². The summed E-state index contributed by atoms with van der Waals surface area (Å²) in [7, 11) is 0. The molecule has 0 bridgehead atoms. The van der Waals surface area contributed by atoms with Crippen LogP contribution in [0.25, 0.3) is 16.7 Å². The second-order valence-electron chi connectivity index (χ2n) is 4.20. The number of nitrogens with zero attached hydrogens (tertiary/aromatic N) is 2. The largest absolute Gasteiger partial charge is 0.294 e. The van der Waals surface area contributed by atoms with Crippen LogP contribution in [-0.4, -0.2) is 9.55 Å². The van der Waals surface area contributed by atoms with Crippen molar-refractivity contribution in [1.29, 1.82) is 0 Å². The Morgan fingerprint density at radius 1 is 1.25 bits per heavy atom. The van der Waals surface area contributed by atoms with E-state index in [9.17, 15) is 4.39 Å². The highest BCUT2D eigenvalue weighted by molar-refractivity contribution is 9.10. The van der Waals surface area contributed by atoms with Gasteiger partial charge in [-0.1, -0.05) is 17.7 Å². The van der Waals surface area contributed by atoms with E-state index in [1.165, 1.54) is 12.1 Å². The molecule has 0 aliphatic rings. The predicted molar refractivity (Wildman–Crippen MR) is 83.3 cm³/mol. The molecule has 0 saturated heterocycles. The van der Waals surface area contributed by atoms with Gasteiger partial charge in [-0.3, -0.25) is 4.57 Å². The van der Waals surface area contributed by atoms with E-state index in [0.717, 1.165) is 10.2 Å². The van der Waals surface area contributed by atoms with Gasteiger partial charge in [-0.15, -0.1) is 11.6 Å². The van der Waals surface area contributed by atoms with Gasteiger partial charge in [0.15, 0.2) is 0 Å². The van der Waals surface area contributed by atoms with Crippen LogP contribution in [0, 0.1) is 5.82 Å². The number of imidazole rings is 1. The standard InChI is InChI=1S/C14H8BrCl2FN2/c15-14-9(17)2-1-3-11(14)20-12-6-8(18)4-5-10(12)19-13(20)7-16/h1-6H,7H2. The molecule has 0 aliphatic heterocycles. The van der Waals surface area contributed by atoms with Gasteiger partial charge < -0.3 is 0 Å². The molecular formula is C14H8BrCl2FN2. The summed E-state index contributed by atoms with van der Waals surface area (Å²) in [6.07, 6.45) is 0. The SMILES string of the molecule is Fc1ccc2nc(CCl)n(-c3cccc(Cl)c3Br)c2c1. The second kappa shape index (κ2) is 5.35. The number of hydrogen-bond acceptors (Lipinski definition) is 1. The minimum atomic E-state index is -0.321. The van der Waals surface area contributed by atoms with Gasteiger partial charge in [-0.05, 0) is 40.2 Å². The molecule has 6 heteroatoms. The van der Waals surface area contributed by atoms with Gasteiger partial charge in [0, 0.05) is 6.07 Å². The minimum Gasteiger partial charge on any atom is -0.294 e. The lowest BCUT2D eigenvalue weighted by Crippen LogP contribution is -2.00. The zero-order chi connectivity index (χ0) is 14.3. The number of aromatic nitrogens is 2. The van der Waals surface area contributed by atoms with E-state index in [1.54, 1.807) is 16.7 Å². The Morgan fingerprint density at radius 2 is 2.05 bits per heavy atom. The molecule has 0 atom stereocenters.